The summed E-state index contributed by atoms with van der Waals surface area (Å²) < 4.78 is 0. The predicted octanol–water partition coefficient (Wildman–Crippen LogP) is 10.9. The Balaban J connectivity index is 3.66. The third-order valence-corrected chi connectivity index (χ3v) is 6.99. The molecule has 0 saturated heterocycles. The predicted molar refractivity (Wildman–Crippen MR) is 140 cm³/mol. The van der Waals surface area contributed by atoms with Gasteiger partial charge >= 0.3 is 0 Å². The molecule has 0 aromatic heterocycles. The lowest BCUT2D eigenvalue weighted by molar-refractivity contribution is 0.399. The summed E-state index contributed by atoms with van der Waals surface area (Å²) in [5, 5.41) is 0. The molecule has 0 saturated carbocycles. The van der Waals surface area contributed by atoms with Crippen LogP contribution in [0.25, 0.3) is 0 Å². The molecule has 0 aliphatic rings. The van der Waals surface area contributed by atoms with Crippen molar-refractivity contribution in [1.29, 1.82) is 0 Å². The Bertz CT molecular complexity index is 341. The highest BCUT2D eigenvalue weighted by molar-refractivity contribution is 4.84. The first kappa shape index (κ1) is 29.7. The van der Waals surface area contributed by atoms with Crippen molar-refractivity contribution in [3.8, 4) is 0 Å². The van der Waals surface area contributed by atoms with Crippen LogP contribution in [-0.4, -0.2) is 0 Å². The highest BCUT2D eigenvalue weighted by atomic mass is 14.1. The molecule has 0 rings (SSSR count). The Morgan fingerprint density at radius 2 is 0.633 bits per heavy atom. The van der Waals surface area contributed by atoms with E-state index >= 15 is 0 Å². The molecule has 0 aliphatic heterocycles. The van der Waals surface area contributed by atoms with Gasteiger partial charge in [0.15, 0.2) is 0 Å². The Morgan fingerprint density at radius 3 is 0.933 bits per heavy atom. The van der Waals surface area contributed by atoms with Crippen molar-refractivity contribution in [2.45, 2.75) is 145 Å². The van der Waals surface area contributed by atoms with Crippen molar-refractivity contribution in [2.24, 2.45) is 35.5 Å². The van der Waals surface area contributed by atoms with Gasteiger partial charge in [0.25, 0.3) is 0 Å². The van der Waals surface area contributed by atoms with Crippen LogP contribution >= 0.6 is 0 Å². The summed E-state index contributed by atoms with van der Waals surface area (Å²) in [5.74, 6) is 5.29. The van der Waals surface area contributed by atoms with Crippen molar-refractivity contribution < 1.29 is 0 Å². The van der Waals surface area contributed by atoms with E-state index in [1.165, 1.54) is 89.9 Å². The molecule has 0 heteroatoms. The average molecular weight is 421 g/mol. The Morgan fingerprint density at radius 1 is 0.367 bits per heavy atom. The van der Waals surface area contributed by atoms with Gasteiger partial charge in [-0.1, -0.05) is 145 Å². The van der Waals surface area contributed by atoms with Crippen LogP contribution in [0.3, 0.4) is 0 Å². The van der Waals surface area contributed by atoms with E-state index in [4.69, 9.17) is 0 Å². The molecule has 0 fully saturated rings. The fraction of sp³-hybridized carbons (Fsp3) is 0.933. The van der Waals surface area contributed by atoms with E-state index in [2.05, 4.69) is 67.5 Å². The van der Waals surface area contributed by atoms with Gasteiger partial charge < -0.3 is 0 Å². The molecule has 0 nitrogen and oxygen atoms in total. The first-order chi connectivity index (χ1) is 14.2. The minimum Gasteiger partial charge on any atom is -0.0883 e. The van der Waals surface area contributed by atoms with E-state index in [0.717, 1.165) is 35.5 Å². The summed E-state index contributed by atoms with van der Waals surface area (Å²) >= 11 is 0. The zero-order valence-electron chi connectivity index (χ0n) is 22.5. The number of allylic oxidation sites excluding steroid dienone is 2. The molecular formula is C30H60. The summed E-state index contributed by atoms with van der Waals surface area (Å²) in [5.41, 5.74) is 0. The van der Waals surface area contributed by atoms with Crippen LogP contribution in [0.2, 0.25) is 0 Å². The van der Waals surface area contributed by atoms with E-state index in [1.807, 2.05) is 0 Å². The van der Waals surface area contributed by atoms with Gasteiger partial charge in [-0.3, -0.25) is 0 Å². The normalized spacial score (nSPS) is 16.5. The van der Waals surface area contributed by atoms with Crippen LogP contribution in [0.15, 0.2) is 12.2 Å². The van der Waals surface area contributed by atoms with Gasteiger partial charge in [0.2, 0.25) is 0 Å². The maximum Gasteiger partial charge on any atom is -0.0325 e. The fourth-order valence-corrected chi connectivity index (χ4v) is 4.56. The molecule has 4 unspecified atom stereocenters. The van der Waals surface area contributed by atoms with Crippen LogP contribution in [0, 0.1) is 35.5 Å². The fourth-order valence-electron chi connectivity index (χ4n) is 4.56. The monoisotopic (exact) mass is 420 g/mol. The van der Waals surface area contributed by atoms with Crippen LogP contribution < -0.4 is 0 Å². The van der Waals surface area contributed by atoms with E-state index in [1.54, 1.807) is 0 Å². The van der Waals surface area contributed by atoms with Crippen LogP contribution in [-0.2, 0) is 0 Å². The molecule has 180 valence electrons. The van der Waals surface area contributed by atoms with Gasteiger partial charge in [-0.15, -0.1) is 0 Å². The van der Waals surface area contributed by atoms with E-state index in [9.17, 15) is 0 Å². The molecule has 0 bridgehead atoms. The van der Waals surface area contributed by atoms with Crippen molar-refractivity contribution >= 4 is 0 Å². The van der Waals surface area contributed by atoms with Gasteiger partial charge in [0.05, 0.1) is 0 Å². The van der Waals surface area contributed by atoms with Gasteiger partial charge in [-0.05, 0) is 48.3 Å². The van der Waals surface area contributed by atoms with E-state index in [0.29, 0.717) is 0 Å². The van der Waals surface area contributed by atoms with Crippen LogP contribution in [0.1, 0.15) is 145 Å². The lowest BCUT2D eigenvalue weighted by atomic mass is 9.92. The quantitative estimate of drug-likeness (QED) is 0.172. The molecule has 0 aromatic rings. The molecule has 0 amide bonds. The largest absolute Gasteiger partial charge is 0.0883 e. The topological polar surface area (TPSA) is 0 Å². The standard InChI is InChI=1S/C30H60/c1-25(2)15-11-19-29(7)23-13-21-27(5)17-9-10-18-28(6)22-14-24-30(8)20-12-16-26(3)4/h9-10,25-30H,11-24H2,1-8H3. The minimum atomic E-state index is 0.853. The van der Waals surface area contributed by atoms with Crippen molar-refractivity contribution in [1.82, 2.24) is 0 Å². The van der Waals surface area contributed by atoms with Crippen molar-refractivity contribution in [3.63, 3.8) is 0 Å². The second kappa shape index (κ2) is 19.4. The van der Waals surface area contributed by atoms with Gasteiger partial charge in [0.1, 0.15) is 0 Å². The molecular weight excluding hydrogens is 360 g/mol. The Labute approximate surface area is 193 Å². The first-order valence-corrected chi connectivity index (χ1v) is 13.9. The molecule has 0 aliphatic carbocycles. The lowest BCUT2D eigenvalue weighted by Crippen LogP contribution is -2.00. The zero-order valence-corrected chi connectivity index (χ0v) is 22.5. The Hall–Kier alpha value is -0.260. The third kappa shape index (κ3) is 21.0. The minimum absolute atomic E-state index is 0.853. The molecule has 30 heavy (non-hydrogen) atoms. The third-order valence-electron chi connectivity index (χ3n) is 6.99. The molecule has 4 atom stereocenters. The second-order valence-electron chi connectivity index (χ2n) is 11.9. The maximum absolute atomic E-state index is 2.47. The van der Waals surface area contributed by atoms with E-state index in [-0.39, 0.29) is 0 Å². The number of hydrogen-bond acceptors (Lipinski definition) is 0. The van der Waals surface area contributed by atoms with Crippen molar-refractivity contribution in [3.05, 3.63) is 12.2 Å². The number of hydrogen-bond donors (Lipinski definition) is 0. The lowest BCUT2D eigenvalue weighted by Gasteiger charge is -2.15. The second-order valence-corrected chi connectivity index (χ2v) is 11.9. The molecule has 0 aromatic carbocycles. The molecule has 0 spiro atoms. The van der Waals surface area contributed by atoms with Crippen molar-refractivity contribution in [2.75, 3.05) is 0 Å². The maximum atomic E-state index is 2.47. The highest BCUT2D eigenvalue weighted by Crippen LogP contribution is 2.22. The molecule has 0 N–H and O–H groups in total. The number of rotatable bonds is 20. The van der Waals surface area contributed by atoms with Gasteiger partial charge in [-0.25, -0.2) is 0 Å². The van der Waals surface area contributed by atoms with E-state index < -0.39 is 0 Å². The zero-order chi connectivity index (χ0) is 22.8. The molecule has 0 radical (unpaired) electrons. The Kier molecular flexibility index (Phi) is 19.3. The SMILES string of the molecule is CC(C)CCCC(C)CCCC(C)CC=CCC(C)CCCC(C)CCCC(C)C. The summed E-state index contributed by atoms with van der Waals surface area (Å²) in [6.07, 6.45) is 24.5. The summed E-state index contributed by atoms with van der Waals surface area (Å²) in [7, 11) is 0. The van der Waals surface area contributed by atoms with Crippen LogP contribution in [0.4, 0.5) is 0 Å². The smallest absolute Gasteiger partial charge is 0.0325 e. The molecule has 0 heterocycles. The highest BCUT2D eigenvalue weighted by Gasteiger charge is 2.07. The average Bonchev–Trinajstić information content (AvgIpc) is 2.64. The summed E-state index contributed by atoms with van der Waals surface area (Å²) in [6.45, 7) is 19.2. The first-order valence-electron chi connectivity index (χ1n) is 13.9. The summed E-state index contributed by atoms with van der Waals surface area (Å²) in [6, 6.07) is 0. The van der Waals surface area contributed by atoms with Gasteiger partial charge in [-0.2, -0.15) is 0 Å². The summed E-state index contributed by atoms with van der Waals surface area (Å²) in [4.78, 5) is 0. The van der Waals surface area contributed by atoms with Crippen LogP contribution in [0.5, 0.6) is 0 Å². The van der Waals surface area contributed by atoms with Gasteiger partial charge in [0, 0.05) is 0 Å².